The van der Waals surface area contributed by atoms with E-state index >= 15 is 0 Å². The summed E-state index contributed by atoms with van der Waals surface area (Å²) in [6, 6.07) is 0. The first kappa shape index (κ1) is 22.4. The normalized spacial score (nSPS) is 42.2. The quantitative estimate of drug-likeness (QED) is 0.457. The second-order valence-corrected chi connectivity index (χ2v) is 12.0. The van der Waals surface area contributed by atoms with Gasteiger partial charge in [0.2, 0.25) is 0 Å². The van der Waals surface area contributed by atoms with Crippen LogP contribution in [-0.4, -0.2) is 11.2 Å². The molecule has 1 heteroatoms. The molecule has 1 N–H and O–H groups in total. The lowest BCUT2D eigenvalue weighted by atomic mass is 9.50. The predicted octanol–water partition coefficient (Wildman–Crippen LogP) is 7.87. The highest BCUT2D eigenvalue weighted by Gasteiger charge is 2.56. The topological polar surface area (TPSA) is 20.2 Å². The van der Waals surface area contributed by atoms with Gasteiger partial charge in [-0.1, -0.05) is 69.6 Å². The Labute approximate surface area is 186 Å². The summed E-state index contributed by atoms with van der Waals surface area (Å²) in [7, 11) is 0. The van der Waals surface area contributed by atoms with E-state index in [9.17, 15) is 5.11 Å². The molecule has 4 rings (SSSR count). The minimum Gasteiger partial charge on any atom is -0.393 e. The SMILES string of the molecule is C/C=C(/CC[C@@H](C)C1CCC2C3=CC=C4CC(O)CCC4(C)C3CC[C@@]21C)C(C)C. The highest BCUT2D eigenvalue weighted by atomic mass is 16.3. The van der Waals surface area contributed by atoms with Crippen molar-refractivity contribution in [1.82, 2.24) is 0 Å². The Hall–Kier alpha value is -0.820. The van der Waals surface area contributed by atoms with Crippen molar-refractivity contribution in [1.29, 1.82) is 0 Å². The van der Waals surface area contributed by atoms with Crippen molar-refractivity contribution < 1.29 is 5.11 Å². The fourth-order valence-electron chi connectivity index (χ4n) is 8.32. The summed E-state index contributed by atoms with van der Waals surface area (Å²) in [5.74, 6) is 3.90. The fourth-order valence-corrected chi connectivity index (χ4v) is 8.32. The van der Waals surface area contributed by atoms with E-state index in [1.165, 1.54) is 50.5 Å². The maximum Gasteiger partial charge on any atom is 0.0578 e. The summed E-state index contributed by atoms with van der Waals surface area (Å²) >= 11 is 0. The molecule has 4 aliphatic carbocycles. The molecule has 4 aliphatic rings. The second-order valence-electron chi connectivity index (χ2n) is 12.0. The average molecular weight is 411 g/mol. The van der Waals surface area contributed by atoms with E-state index in [-0.39, 0.29) is 6.10 Å². The van der Waals surface area contributed by atoms with Gasteiger partial charge in [-0.25, -0.2) is 0 Å². The van der Waals surface area contributed by atoms with Gasteiger partial charge in [0.15, 0.2) is 0 Å². The van der Waals surface area contributed by atoms with Crippen LogP contribution in [-0.2, 0) is 0 Å². The maximum atomic E-state index is 10.2. The molecule has 5 unspecified atom stereocenters. The van der Waals surface area contributed by atoms with Crippen LogP contribution < -0.4 is 0 Å². The molecule has 168 valence electrons. The first-order valence-electron chi connectivity index (χ1n) is 12.9. The summed E-state index contributed by atoms with van der Waals surface area (Å²) in [6.45, 7) is 14.6. The van der Waals surface area contributed by atoms with Crippen molar-refractivity contribution in [3.63, 3.8) is 0 Å². The molecule has 7 atom stereocenters. The zero-order chi connectivity index (χ0) is 21.7. The molecule has 1 nitrogen and oxygen atoms in total. The van der Waals surface area contributed by atoms with Gasteiger partial charge >= 0.3 is 0 Å². The molecule has 0 aromatic carbocycles. The highest BCUT2D eigenvalue weighted by Crippen LogP contribution is 2.66. The van der Waals surface area contributed by atoms with E-state index < -0.39 is 0 Å². The third-order valence-electron chi connectivity index (χ3n) is 10.3. The van der Waals surface area contributed by atoms with Crippen molar-refractivity contribution in [2.45, 2.75) is 105 Å². The van der Waals surface area contributed by atoms with E-state index in [1.807, 2.05) is 0 Å². The van der Waals surface area contributed by atoms with Gasteiger partial charge in [-0.3, -0.25) is 0 Å². The van der Waals surface area contributed by atoms with Gasteiger partial charge in [0.25, 0.3) is 0 Å². The number of hydrogen-bond acceptors (Lipinski definition) is 1. The molecule has 0 aromatic rings. The van der Waals surface area contributed by atoms with E-state index in [0.717, 1.165) is 36.5 Å². The standard InChI is InChI=1S/C29H46O/c1-7-21(19(2)3)9-8-20(4)25-12-13-26-24-11-10-22-18-23(30)14-16-28(22,5)27(24)15-17-29(25,26)6/h7,10-11,19-20,23,25-27,30H,8-9,12-18H2,1-6H3/b21-7-/t20-,23?,25?,26?,27?,28?,29-/m1/s1. The van der Waals surface area contributed by atoms with Crippen LogP contribution in [0.3, 0.4) is 0 Å². The minimum absolute atomic E-state index is 0.113. The third-order valence-corrected chi connectivity index (χ3v) is 10.3. The molecule has 0 saturated heterocycles. The Morgan fingerprint density at radius 1 is 1.07 bits per heavy atom. The van der Waals surface area contributed by atoms with Crippen LogP contribution in [0.15, 0.2) is 34.9 Å². The average Bonchev–Trinajstić information content (AvgIpc) is 3.06. The molecule has 0 heterocycles. The third kappa shape index (κ3) is 3.58. The zero-order valence-electron chi connectivity index (χ0n) is 20.5. The van der Waals surface area contributed by atoms with Crippen LogP contribution in [0.5, 0.6) is 0 Å². The second kappa shape index (κ2) is 8.27. The lowest BCUT2D eigenvalue weighted by molar-refractivity contribution is 0.0326. The minimum atomic E-state index is -0.113. The molecular weight excluding hydrogens is 364 g/mol. The lowest BCUT2D eigenvalue weighted by Gasteiger charge is -2.55. The van der Waals surface area contributed by atoms with Gasteiger partial charge in [-0.15, -0.1) is 0 Å². The van der Waals surface area contributed by atoms with Gasteiger partial charge in [-0.05, 0) is 105 Å². The Kier molecular flexibility index (Phi) is 6.17. The van der Waals surface area contributed by atoms with Crippen molar-refractivity contribution in [3.8, 4) is 0 Å². The zero-order valence-corrected chi connectivity index (χ0v) is 20.5. The molecule has 0 spiro atoms. The largest absolute Gasteiger partial charge is 0.393 e. The van der Waals surface area contributed by atoms with Crippen LogP contribution in [0, 0.1) is 40.4 Å². The summed E-state index contributed by atoms with van der Waals surface area (Å²) in [5.41, 5.74) is 5.77. The van der Waals surface area contributed by atoms with Crippen LogP contribution in [0.25, 0.3) is 0 Å². The lowest BCUT2D eigenvalue weighted by Crippen LogP contribution is -2.46. The number of aliphatic hydroxyl groups is 1. The van der Waals surface area contributed by atoms with Crippen molar-refractivity contribution in [3.05, 3.63) is 34.9 Å². The molecule has 3 saturated carbocycles. The molecule has 30 heavy (non-hydrogen) atoms. The summed E-state index contributed by atoms with van der Waals surface area (Å²) in [6.07, 6.45) is 18.5. The molecule has 0 aromatic heterocycles. The van der Waals surface area contributed by atoms with E-state index in [1.54, 1.807) is 11.1 Å². The van der Waals surface area contributed by atoms with Crippen LogP contribution >= 0.6 is 0 Å². The molecular formula is C29H46O. The van der Waals surface area contributed by atoms with Crippen molar-refractivity contribution >= 4 is 0 Å². The highest BCUT2D eigenvalue weighted by molar-refractivity contribution is 5.38. The fraction of sp³-hybridized carbons (Fsp3) is 0.793. The van der Waals surface area contributed by atoms with Crippen LogP contribution in [0.2, 0.25) is 0 Å². The van der Waals surface area contributed by atoms with Crippen molar-refractivity contribution in [2.24, 2.45) is 40.4 Å². The molecule has 0 amide bonds. The van der Waals surface area contributed by atoms with Gasteiger partial charge in [0.1, 0.15) is 0 Å². The first-order valence-corrected chi connectivity index (χ1v) is 12.9. The van der Waals surface area contributed by atoms with E-state index in [2.05, 4.69) is 59.8 Å². The molecule has 0 radical (unpaired) electrons. The smallest absolute Gasteiger partial charge is 0.0578 e. The van der Waals surface area contributed by atoms with Crippen LogP contribution in [0.4, 0.5) is 0 Å². The Balaban J connectivity index is 1.52. The van der Waals surface area contributed by atoms with Crippen LogP contribution in [0.1, 0.15) is 99.3 Å². The Morgan fingerprint density at radius 2 is 1.83 bits per heavy atom. The van der Waals surface area contributed by atoms with Gasteiger partial charge in [-0.2, -0.15) is 0 Å². The van der Waals surface area contributed by atoms with Gasteiger partial charge in [0.05, 0.1) is 6.10 Å². The Morgan fingerprint density at radius 3 is 2.53 bits per heavy atom. The van der Waals surface area contributed by atoms with Gasteiger partial charge < -0.3 is 5.11 Å². The Bertz CT molecular complexity index is 739. The number of rotatable bonds is 5. The maximum absolute atomic E-state index is 10.2. The monoisotopic (exact) mass is 410 g/mol. The van der Waals surface area contributed by atoms with E-state index in [0.29, 0.717) is 16.7 Å². The number of aliphatic hydroxyl groups excluding tert-OH is 1. The number of allylic oxidation sites excluding steroid dienone is 5. The number of hydrogen-bond donors (Lipinski definition) is 1. The van der Waals surface area contributed by atoms with E-state index in [4.69, 9.17) is 0 Å². The molecule has 0 bridgehead atoms. The first-order chi connectivity index (χ1) is 14.2. The predicted molar refractivity (Wildman–Crippen MR) is 128 cm³/mol. The number of fused-ring (bicyclic) bond motifs is 5. The van der Waals surface area contributed by atoms with Gasteiger partial charge in [0, 0.05) is 0 Å². The summed E-state index contributed by atoms with van der Waals surface area (Å²) < 4.78 is 0. The summed E-state index contributed by atoms with van der Waals surface area (Å²) in [5, 5.41) is 10.2. The van der Waals surface area contributed by atoms with Crippen molar-refractivity contribution in [2.75, 3.05) is 0 Å². The summed E-state index contributed by atoms with van der Waals surface area (Å²) in [4.78, 5) is 0. The molecule has 3 fully saturated rings. The molecule has 0 aliphatic heterocycles.